The summed E-state index contributed by atoms with van der Waals surface area (Å²) in [6.07, 6.45) is 1.70. The van der Waals surface area contributed by atoms with E-state index in [4.69, 9.17) is 5.31 Å². The minimum atomic E-state index is -0.479. The average molecular weight is 242 g/mol. The first-order valence-corrected chi connectivity index (χ1v) is 6.42. The Kier molecular flexibility index (Phi) is 7.99. The molecule has 0 spiro atoms. The molecule has 0 amide bonds. The fraction of sp³-hybridized carbons (Fsp3) is 0.909. The highest BCUT2D eigenvalue weighted by Crippen LogP contribution is 2.06. The summed E-state index contributed by atoms with van der Waals surface area (Å²) in [6, 6.07) is 0.248. The molecule has 100 valence electrons. The van der Waals surface area contributed by atoms with Crippen LogP contribution in [0.25, 0.3) is 0 Å². The molecule has 6 heteroatoms. The van der Waals surface area contributed by atoms with Crippen LogP contribution in [-0.2, 0) is 4.79 Å². The fourth-order valence-electron chi connectivity index (χ4n) is 1.69. The minimum absolute atomic E-state index is 0.0641. The van der Waals surface area contributed by atoms with E-state index in [9.17, 15) is 4.79 Å². The lowest BCUT2D eigenvalue weighted by atomic mass is 9.97. The van der Waals surface area contributed by atoms with Gasteiger partial charge in [-0.2, -0.15) is 0 Å². The third-order valence-electron chi connectivity index (χ3n) is 2.51. The molecule has 0 rings (SSSR count). The molecule has 0 fully saturated rings. The number of nitrogens with one attached hydrogen (secondary N) is 3. The molecule has 0 unspecified atom stereocenters. The zero-order chi connectivity index (χ0) is 13.4. The van der Waals surface area contributed by atoms with Crippen LogP contribution in [0.2, 0.25) is 0 Å². The number of carbonyl (C=O) groups excluding carboxylic acids is 1. The maximum atomic E-state index is 12.0. The molecule has 0 heterocycles. The van der Waals surface area contributed by atoms with Crippen LogP contribution < -0.4 is 16.2 Å². The van der Waals surface area contributed by atoms with Gasteiger partial charge in [0.1, 0.15) is 0 Å². The molecule has 0 saturated carbocycles. The molecule has 6 N–H and O–H groups in total. The summed E-state index contributed by atoms with van der Waals surface area (Å²) in [5.41, 5.74) is 3.54. The van der Waals surface area contributed by atoms with Crippen molar-refractivity contribution in [2.24, 2.45) is 5.92 Å². The van der Waals surface area contributed by atoms with Crippen molar-refractivity contribution >= 4 is 12.6 Å². The predicted octanol–water partition coefficient (Wildman–Crippen LogP) is 0.0221. The van der Waals surface area contributed by atoms with Crippen molar-refractivity contribution < 1.29 is 10.4 Å². The summed E-state index contributed by atoms with van der Waals surface area (Å²) in [5.74, 6) is 0.340. The van der Waals surface area contributed by atoms with Crippen LogP contribution in [0.4, 0.5) is 0 Å². The molecule has 0 aromatic heterocycles. The highest BCUT2D eigenvalue weighted by molar-refractivity contribution is 6.29. The molecule has 0 aliphatic heterocycles. The first kappa shape index (κ1) is 16.3. The highest BCUT2D eigenvalue weighted by atomic mass is 16.1. The monoisotopic (exact) mass is 242 g/mol. The number of hydrogen-bond donors (Lipinski definition) is 4. The molecular weight excluding hydrogens is 215 g/mol. The number of Topliss-reactive ketones (excluding diaryl/α,β-unsaturated/α-hetero) is 1. The number of quaternary nitrogens is 1. The van der Waals surface area contributed by atoms with Gasteiger partial charge >= 0.3 is 6.77 Å². The first-order chi connectivity index (χ1) is 7.84. The summed E-state index contributed by atoms with van der Waals surface area (Å²) in [7, 11) is 0. The van der Waals surface area contributed by atoms with Crippen LogP contribution in [0.5, 0.6) is 0 Å². The highest BCUT2D eigenvalue weighted by Gasteiger charge is 2.20. The van der Waals surface area contributed by atoms with Crippen molar-refractivity contribution in [2.75, 3.05) is 6.54 Å². The van der Waals surface area contributed by atoms with Crippen molar-refractivity contribution in [2.45, 2.75) is 52.6 Å². The molecule has 0 aliphatic rings. The minimum Gasteiger partial charge on any atom is -0.529 e. The van der Waals surface area contributed by atoms with Crippen molar-refractivity contribution in [3.63, 3.8) is 0 Å². The second-order valence-corrected chi connectivity index (χ2v) is 5.08. The van der Waals surface area contributed by atoms with E-state index in [1.807, 2.05) is 13.8 Å². The topological polar surface area (TPSA) is 92.6 Å². The van der Waals surface area contributed by atoms with E-state index in [0.29, 0.717) is 6.04 Å². The Morgan fingerprint density at radius 2 is 1.94 bits per heavy atom. The Balaban J connectivity index is 4.11. The molecule has 0 aliphatic carbocycles. The predicted molar refractivity (Wildman–Crippen MR) is 70.5 cm³/mol. The van der Waals surface area contributed by atoms with Gasteiger partial charge in [-0.15, -0.1) is 0 Å². The SMILES string of the molecule is CC(C)N[C@@H](CCCN[B-](=N)[NH3+])C(=O)C(C)C. The van der Waals surface area contributed by atoms with Crippen LogP contribution in [0, 0.1) is 11.2 Å². The average Bonchev–Trinajstić information content (AvgIpc) is 2.20. The molecule has 0 saturated heterocycles. The standard InChI is InChI=1S/C11H27BN4O/c1-8(2)11(17)10(16-9(3)4)6-5-7-15-12(13)14/h8-10,13,15-16H,5-7H2,1-4,14H3/t10-/m0/s1. The zero-order valence-electron chi connectivity index (χ0n) is 11.5. The normalized spacial score (nSPS) is 12.9. The Hall–Kier alpha value is -0.745. The van der Waals surface area contributed by atoms with Gasteiger partial charge < -0.3 is 21.5 Å². The molecule has 0 aromatic rings. The van der Waals surface area contributed by atoms with Crippen molar-refractivity contribution in [1.82, 2.24) is 10.5 Å². The number of hydrogen-bond acceptors (Lipinski definition) is 3. The molecule has 0 aromatic carbocycles. The van der Waals surface area contributed by atoms with Crippen LogP contribution in [0.1, 0.15) is 40.5 Å². The zero-order valence-corrected chi connectivity index (χ0v) is 11.5. The quantitative estimate of drug-likeness (QED) is 0.339. The van der Waals surface area contributed by atoms with Crippen LogP contribution in [0.3, 0.4) is 0 Å². The maximum Gasteiger partial charge on any atom is 0.332 e. The lowest BCUT2D eigenvalue weighted by molar-refractivity contribution is -0.193. The third kappa shape index (κ3) is 8.04. The van der Waals surface area contributed by atoms with Gasteiger partial charge in [0, 0.05) is 12.0 Å². The van der Waals surface area contributed by atoms with Gasteiger partial charge in [-0.05, 0) is 19.4 Å². The molecule has 5 nitrogen and oxygen atoms in total. The van der Waals surface area contributed by atoms with E-state index in [2.05, 4.69) is 30.0 Å². The summed E-state index contributed by atoms with van der Waals surface area (Å²) in [6.45, 7) is 8.23. The third-order valence-corrected chi connectivity index (χ3v) is 2.51. The Morgan fingerprint density at radius 1 is 1.35 bits per heavy atom. The van der Waals surface area contributed by atoms with Gasteiger partial charge in [0.25, 0.3) is 0 Å². The van der Waals surface area contributed by atoms with Gasteiger partial charge in [-0.3, -0.25) is 4.79 Å². The largest absolute Gasteiger partial charge is 0.529 e. The second-order valence-electron chi connectivity index (χ2n) is 5.08. The summed E-state index contributed by atoms with van der Waals surface area (Å²) < 4.78 is 0. The molecular formula is C11H27BN4O. The Bertz CT molecular complexity index is 256. The lowest BCUT2D eigenvalue weighted by Crippen LogP contribution is -2.66. The lowest BCUT2D eigenvalue weighted by Gasteiger charge is -2.22. The van der Waals surface area contributed by atoms with E-state index >= 15 is 0 Å². The summed E-state index contributed by atoms with van der Waals surface area (Å²) in [5, 5.41) is 13.5. The molecule has 1 atom stereocenters. The Labute approximate surface area is 105 Å². The van der Waals surface area contributed by atoms with Gasteiger partial charge in [-0.1, -0.05) is 27.7 Å². The van der Waals surface area contributed by atoms with Gasteiger partial charge in [0.05, 0.1) is 6.04 Å². The smallest absolute Gasteiger partial charge is 0.332 e. The van der Waals surface area contributed by atoms with E-state index in [1.165, 1.54) is 0 Å². The van der Waals surface area contributed by atoms with Gasteiger partial charge in [-0.25, -0.2) is 0 Å². The van der Waals surface area contributed by atoms with E-state index in [1.54, 1.807) is 0 Å². The summed E-state index contributed by atoms with van der Waals surface area (Å²) in [4.78, 5) is 12.0. The van der Waals surface area contributed by atoms with Crippen LogP contribution >= 0.6 is 0 Å². The van der Waals surface area contributed by atoms with Crippen LogP contribution in [-0.4, -0.2) is 31.2 Å². The fourth-order valence-corrected chi connectivity index (χ4v) is 1.69. The van der Waals surface area contributed by atoms with E-state index in [-0.39, 0.29) is 17.7 Å². The maximum absolute atomic E-state index is 12.0. The molecule has 17 heavy (non-hydrogen) atoms. The van der Waals surface area contributed by atoms with Crippen molar-refractivity contribution in [3.8, 4) is 0 Å². The summed E-state index contributed by atoms with van der Waals surface area (Å²) >= 11 is 0. The number of rotatable bonds is 9. The second kappa shape index (κ2) is 8.36. The number of ketones is 1. The van der Waals surface area contributed by atoms with Gasteiger partial charge in [0.2, 0.25) is 0 Å². The molecule has 0 bridgehead atoms. The van der Waals surface area contributed by atoms with Crippen LogP contribution in [0.15, 0.2) is 0 Å². The van der Waals surface area contributed by atoms with Gasteiger partial charge in [0.15, 0.2) is 5.78 Å². The number of carbonyl (C=O) groups is 1. The van der Waals surface area contributed by atoms with E-state index in [0.717, 1.165) is 19.4 Å². The first-order valence-electron chi connectivity index (χ1n) is 6.42. The van der Waals surface area contributed by atoms with Crippen molar-refractivity contribution in [3.05, 3.63) is 0 Å². The van der Waals surface area contributed by atoms with Crippen molar-refractivity contribution in [1.29, 1.82) is 5.31 Å². The molecule has 0 radical (unpaired) electrons. The Morgan fingerprint density at radius 3 is 2.35 bits per heavy atom. The van der Waals surface area contributed by atoms with E-state index < -0.39 is 6.77 Å².